The van der Waals surface area contributed by atoms with Crippen molar-refractivity contribution in [2.75, 3.05) is 26.4 Å². The number of benzene rings is 2. The largest absolute Gasteiger partial charge is 0.492 e. The SMILES string of the molecule is CC(NC(=O)NCCOc1cccc(F)c1)c1ccc2c(c1)OCCCO2. The molecular formula is C20H23FN2O4. The minimum Gasteiger partial charge on any atom is -0.492 e. The number of ether oxygens (including phenoxy) is 3. The van der Waals surface area contributed by atoms with Gasteiger partial charge in [-0.15, -0.1) is 0 Å². The summed E-state index contributed by atoms with van der Waals surface area (Å²) in [5.41, 5.74) is 0.922. The Kier molecular flexibility index (Phi) is 6.35. The van der Waals surface area contributed by atoms with E-state index in [0.29, 0.717) is 31.3 Å². The van der Waals surface area contributed by atoms with Crippen molar-refractivity contribution in [3.8, 4) is 17.2 Å². The minimum absolute atomic E-state index is 0.203. The quantitative estimate of drug-likeness (QED) is 0.760. The number of hydrogen-bond donors (Lipinski definition) is 2. The standard InChI is InChI=1S/C20H23FN2O4/c1-14(15-6-7-18-19(12-15)27-10-3-9-26-18)23-20(24)22-8-11-25-17-5-2-4-16(21)13-17/h2,4-7,12-14H,3,8-11H2,1H3,(H2,22,23,24). The fourth-order valence-electron chi connectivity index (χ4n) is 2.67. The highest BCUT2D eigenvalue weighted by molar-refractivity contribution is 5.74. The van der Waals surface area contributed by atoms with Gasteiger partial charge in [-0.1, -0.05) is 12.1 Å². The van der Waals surface area contributed by atoms with Crippen LogP contribution in [0.25, 0.3) is 0 Å². The number of carbonyl (C=O) groups is 1. The number of hydrogen-bond acceptors (Lipinski definition) is 4. The molecule has 6 nitrogen and oxygen atoms in total. The molecule has 2 amide bonds. The fraction of sp³-hybridized carbons (Fsp3) is 0.350. The second-order valence-electron chi connectivity index (χ2n) is 6.18. The van der Waals surface area contributed by atoms with Crippen molar-refractivity contribution in [2.24, 2.45) is 0 Å². The number of urea groups is 1. The van der Waals surface area contributed by atoms with Crippen molar-refractivity contribution in [2.45, 2.75) is 19.4 Å². The van der Waals surface area contributed by atoms with E-state index < -0.39 is 0 Å². The van der Waals surface area contributed by atoms with Crippen LogP contribution in [-0.2, 0) is 0 Å². The Labute approximate surface area is 157 Å². The van der Waals surface area contributed by atoms with E-state index in [1.807, 2.05) is 25.1 Å². The Morgan fingerprint density at radius 1 is 1.19 bits per heavy atom. The van der Waals surface area contributed by atoms with Crippen LogP contribution in [0.2, 0.25) is 0 Å². The molecule has 2 aromatic rings. The highest BCUT2D eigenvalue weighted by Gasteiger charge is 2.15. The van der Waals surface area contributed by atoms with Gasteiger partial charge in [0.15, 0.2) is 11.5 Å². The predicted octanol–water partition coefficient (Wildman–Crippen LogP) is 3.43. The van der Waals surface area contributed by atoms with E-state index in [-0.39, 0.29) is 24.5 Å². The normalized spacial score (nSPS) is 14.0. The Morgan fingerprint density at radius 2 is 2.00 bits per heavy atom. The highest BCUT2D eigenvalue weighted by atomic mass is 19.1. The molecule has 144 valence electrons. The average Bonchev–Trinajstić information content (AvgIpc) is 2.90. The first-order valence-corrected chi connectivity index (χ1v) is 8.94. The molecule has 3 rings (SSSR count). The molecule has 1 aliphatic rings. The van der Waals surface area contributed by atoms with Gasteiger partial charge in [0.2, 0.25) is 0 Å². The van der Waals surface area contributed by atoms with Crippen LogP contribution in [0, 0.1) is 5.82 Å². The van der Waals surface area contributed by atoms with E-state index in [2.05, 4.69) is 10.6 Å². The van der Waals surface area contributed by atoms with Crippen molar-refractivity contribution in [3.05, 3.63) is 53.8 Å². The van der Waals surface area contributed by atoms with Gasteiger partial charge >= 0.3 is 6.03 Å². The summed E-state index contributed by atoms with van der Waals surface area (Å²) in [5, 5.41) is 5.58. The summed E-state index contributed by atoms with van der Waals surface area (Å²) in [4.78, 5) is 12.0. The molecule has 0 radical (unpaired) electrons. The van der Waals surface area contributed by atoms with Crippen LogP contribution in [0.4, 0.5) is 9.18 Å². The van der Waals surface area contributed by atoms with Gasteiger partial charge in [0, 0.05) is 12.5 Å². The molecule has 0 aromatic heterocycles. The van der Waals surface area contributed by atoms with Crippen LogP contribution in [0.15, 0.2) is 42.5 Å². The van der Waals surface area contributed by atoms with Crippen molar-refractivity contribution in [1.29, 1.82) is 0 Å². The zero-order valence-corrected chi connectivity index (χ0v) is 15.2. The molecule has 0 fully saturated rings. The predicted molar refractivity (Wildman–Crippen MR) is 98.9 cm³/mol. The number of halogens is 1. The summed E-state index contributed by atoms with van der Waals surface area (Å²) in [6, 6.07) is 11.0. The second kappa shape index (κ2) is 9.12. The summed E-state index contributed by atoms with van der Waals surface area (Å²) < 4.78 is 29.7. The third kappa shape index (κ3) is 5.51. The maximum atomic E-state index is 13.1. The summed E-state index contributed by atoms with van der Waals surface area (Å²) in [5.74, 6) is 1.49. The summed E-state index contributed by atoms with van der Waals surface area (Å²) in [6.45, 7) is 3.69. The van der Waals surface area contributed by atoms with Crippen molar-refractivity contribution in [1.82, 2.24) is 10.6 Å². The van der Waals surface area contributed by atoms with E-state index in [1.165, 1.54) is 12.1 Å². The van der Waals surface area contributed by atoms with Gasteiger partial charge in [-0.3, -0.25) is 0 Å². The lowest BCUT2D eigenvalue weighted by molar-refractivity contribution is 0.233. The van der Waals surface area contributed by atoms with E-state index >= 15 is 0 Å². The van der Waals surface area contributed by atoms with Crippen LogP contribution >= 0.6 is 0 Å². The molecule has 1 unspecified atom stereocenters. The number of fused-ring (bicyclic) bond motifs is 1. The van der Waals surface area contributed by atoms with E-state index in [1.54, 1.807) is 12.1 Å². The van der Waals surface area contributed by atoms with Crippen LogP contribution in [0.3, 0.4) is 0 Å². The summed E-state index contributed by atoms with van der Waals surface area (Å²) in [6.07, 6.45) is 0.845. The molecule has 7 heteroatoms. The highest BCUT2D eigenvalue weighted by Crippen LogP contribution is 2.32. The Morgan fingerprint density at radius 3 is 2.81 bits per heavy atom. The van der Waals surface area contributed by atoms with Gasteiger partial charge in [0.1, 0.15) is 18.2 Å². The molecule has 1 atom stereocenters. The molecule has 2 N–H and O–H groups in total. The van der Waals surface area contributed by atoms with Crippen LogP contribution < -0.4 is 24.8 Å². The second-order valence-corrected chi connectivity index (χ2v) is 6.18. The number of carbonyl (C=O) groups excluding carboxylic acids is 1. The number of amides is 2. The first-order chi connectivity index (χ1) is 13.1. The third-order valence-corrected chi connectivity index (χ3v) is 4.07. The molecular weight excluding hydrogens is 351 g/mol. The molecule has 2 aromatic carbocycles. The lowest BCUT2D eigenvalue weighted by Crippen LogP contribution is -2.39. The Bertz CT molecular complexity index is 784. The van der Waals surface area contributed by atoms with E-state index in [0.717, 1.165) is 17.7 Å². The lowest BCUT2D eigenvalue weighted by atomic mass is 10.1. The van der Waals surface area contributed by atoms with E-state index in [4.69, 9.17) is 14.2 Å². The smallest absolute Gasteiger partial charge is 0.315 e. The van der Waals surface area contributed by atoms with Gasteiger partial charge in [0.05, 0.1) is 25.8 Å². The molecule has 0 aliphatic carbocycles. The first kappa shape index (κ1) is 18.8. The molecule has 0 saturated heterocycles. The molecule has 1 aliphatic heterocycles. The molecule has 0 bridgehead atoms. The minimum atomic E-state index is -0.359. The zero-order valence-electron chi connectivity index (χ0n) is 15.2. The van der Waals surface area contributed by atoms with Crippen LogP contribution in [-0.4, -0.2) is 32.4 Å². The van der Waals surface area contributed by atoms with Crippen molar-refractivity contribution >= 4 is 6.03 Å². The Balaban J connectivity index is 1.44. The lowest BCUT2D eigenvalue weighted by Gasteiger charge is -2.17. The van der Waals surface area contributed by atoms with Crippen molar-refractivity contribution in [3.63, 3.8) is 0 Å². The zero-order chi connectivity index (χ0) is 19.1. The Hall–Kier alpha value is -2.96. The fourth-order valence-corrected chi connectivity index (χ4v) is 2.67. The maximum absolute atomic E-state index is 13.1. The van der Waals surface area contributed by atoms with Gasteiger partial charge in [-0.25, -0.2) is 9.18 Å². The molecule has 1 heterocycles. The number of rotatable bonds is 6. The van der Waals surface area contributed by atoms with Gasteiger partial charge in [-0.05, 0) is 36.8 Å². The summed E-state index contributed by atoms with van der Waals surface area (Å²) in [7, 11) is 0. The van der Waals surface area contributed by atoms with Gasteiger partial charge in [0.25, 0.3) is 0 Å². The molecule has 0 saturated carbocycles. The van der Waals surface area contributed by atoms with Crippen molar-refractivity contribution < 1.29 is 23.4 Å². The summed E-state index contributed by atoms with van der Waals surface area (Å²) >= 11 is 0. The topological polar surface area (TPSA) is 68.8 Å². The first-order valence-electron chi connectivity index (χ1n) is 8.94. The van der Waals surface area contributed by atoms with E-state index in [9.17, 15) is 9.18 Å². The van der Waals surface area contributed by atoms with Gasteiger partial charge < -0.3 is 24.8 Å². The molecule has 27 heavy (non-hydrogen) atoms. The monoisotopic (exact) mass is 374 g/mol. The third-order valence-electron chi connectivity index (χ3n) is 4.07. The number of nitrogens with one attached hydrogen (secondary N) is 2. The van der Waals surface area contributed by atoms with Crippen LogP contribution in [0.5, 0.6) is 17.2 Å². The average molecular weight is 374 g/mol. The van der Waals surface area contributed by atoms with Crippen LogP contribution in [0.1, 0.15) is 24.9 Å². The van der Waals surface area contributed by atoms with Gasteiger partial charge in [-0.2, -0.15) is 0 Å². The molecule has 0 spiro atoms. The maximum Gasteiger partial charge on any atom is 0.315 e.